The molecule has 0 unspecified atom stereocenters. The highest BCUT2D eigenvalue weighted by molar-refractivity contribution is 5.83. The number of carbonyl (C=O) groups excluding carboxylic acids is 3. The lowest BCUT2D eigenvalue weighted by atomic mass is 9.89. The molecule has 0 radical (unpaired) electrons. The van der Waals surface area contributed by atoms with Gasteiger partial charge in [-0.05, 0) is 24.8 Å². The Morgan fingerprint density at radius 2 is 1.81 bits per heavy atom. The molecule has 2 N–H and O–H groups in total. The van der Waals surface area contributed by atoms with E-state index in [1.54, 1.807) is 6.92 Å². The highest BCUT2D eigenvalue weighted by atomic mass is 16.2. The second kappa shape index (κ2) is 7.89. The Hall–Kier alpha value is -2.37. The molecule has 1 aromatic carbocycles. The van der Waals surface area contributed by atoms with E-state index in [0.29, 0.717) is 6.54 Å². The number of rotatable bonds is 4. The molecular formula is C20H27N3O3. The van der Waals surface area contributed by atoms with Crippen LogP contribution in [-0.4, -0.2) is 52.7 Å². The number of hydrogen-bond donors (Lipinski definition) is 1. The smallest absolute Gasteiger partial charge is 0.223 e. The first-order valence-corrected chi connectivity index (χ1v) is 9.39. The van der Waals surface area contributed by atoms with Crippen molar-refractivity contribution in [3.05, 3.63) is 35.9 Å². The van der Waals surface area contributed by atoms with Gasteiger partial charge in [0.2, 0.25) is 17.7 Å². The van der Waals surface area contributed by atoms with E-state index in [2.05, 4.69) is 12.1 Å². The van der Waals surface area contributed by atoms with Gasteiger partial charge < -0.3 is 15.5 Å². The van der Waals surface area contributed by atoms with E-state index in [1.807, 2.05) is 28.0 Å². The van der Waals surface area contributed by atoms with E-state index in [-0.39, 0.29) is 42.7 Å². The van der Waals surface area contributed by atoms with Gasteiger partial charge in [0, 0.05) is 38.8 Å². The van der Waals surface area contributed by atoms with Crippen LogP contribution in [0, 0.1) is 0 Å². The van der Waals surface area contributed by atoms with Crippen molar-refractivity contribution in [2.24, 2.45) is 5.73 Å². The van der Waals surface area contributed by atoms with E-state index in [0.717, 1.165) is 31.4 Å². The van der Waals surface area contributed by atoms with Crippen LogP contribution in [0.3, 0.4) is 0 Å². The van der Waals surface area contributed by atoms with Crippen LogP contribution in [0.25, 0.3) is 0 Å². The van der Waals surface area contributed by atoms with E-state index >= 15 is 0 Å². The Morgan fingerprint density at radius 3 is 2.46 bits per heavy atom. The summed E-state index contributed by atoms with van der Waals surface area (Å²) in [6.45, 7) is 2.94. The van der Waals surface area contributed by atoms with Crippen molar-refractivity contribution in [1.82, 2.24) is 9.80 Å². The molecule has 1 aromatic rings. The number of nitrogens with zero attached hydrogens (tertiary/aromatic N) is 2. The summed E-state index contributed by atoms with van der Waals surface area (Å²) in [5.74, 6) is -0.336. The van der Waals surface area contributed by atoms with Gasteiger partial charge in [-0.2, -0.15) is 0 Å². The summed E-state index contributed by atoms with van der Waals surface area (Å²) < 4.78 is 0. The molecule has 0 saturated carbocycles. The lowest BCUT2D eigenvalue weighted by Crippen LogP contribution is -2.48. The zero-order chi connectivity index (χ0) is 18.7. The SMILES string of the molecule is CC(=O)N1CCCC[C@H]2[C@@H]1[C@H](c1ccccc1)CN2C(=O)CCC(N)=O. The van der Waals surface area contributed by atoms with Gasteiger partial charge in [-0.3, -0.25) is 14.4 Å². The molecule has 0 aliphatic carbocycles. The van der Waals surface area contributed by atoms with Crippen LogP contribution in [0.4, 0.5) is 0 Å². The molecule has 2 aliphatic rings. The summed E-state index contributed by atoms with van der Waals surface area (Å²) in [4.78, 5) is 40.0. The van der Waals surface area contributed by atoms with E-state index in [4.69, 9.17) is 5.73 Å². The highest BCUT2D eigenvalue weighted by Gasteiger charge is 2.48. The Kier molecular flexibility index (Phi) is 5.59. The first-order valence-electron chi connectivity index (χ1n) is 9.39. The molecule has 2 aliphatic heterocycles. The maximum absolute atomic E-state index is 12.8. The van der Waals surface area contributed by atoms with Crippen molar-refractivity contribution in [2.45, 2.75) is 57.0 Å². The number of fused-ring (bicyclic) bond motifs is 1. The number of likely N-dealkylation sites (tertiary alicyclic amines) is 2. The van der Waals surface area contributed by atoms with Crippen LogP contribution >= 0.6 is 0 Å². The van der Waals surface area contributed by atoms with Gasteiger partial charge in [0.25, 0.3) is 0 Å². The van der Waals surface area contributed by atoms with Crippen LogP contribution in [0.1, 0.15) is 50.5 Å². The monoisotopic (exact) mass is 357 g/mol. The van der Waals surface area contributed by atoms with Crippen molar-refractivity contribution in [2.75, 3.05) is 13.1 Å². The normalized spacial score (nSPS) is 25.5. The third-order valence-corrected chi connectivity index (χ3v) is 5.65. The van der Waals surface area contributed by atoms with Gasteiger partial charge in [-0.15, -0.1) is 0 Å². The second-order valence-electron chi connectivity index (χ2n) is 7.30. The van der Waals surface area contributed by atoms with Gasteiger partial charge in [0.05, 0.1) is 12.1 Å². The van der Waals surface area contributed by atoms with Crippen LogP contribution in [0.15, 0.2) is 30.3 Å². The molecule has 0 spiro atoms. The van der Waals surface area contributed by atoms with Crippen molar-refractivity contribution in [1.29, 1.82) is 0 Å². The largest absolute Gasteiger partial charge is 0.370 e. The fourth-order valence-corrected chi connectivity index (χ4v) is 4.47. The predicted octanol–water partition coefficient (Wildman–Crippen LogP) is 1.65. The van der Waals surface area contributed by atoms with E-state index in [9.17, 15) is 14.4 Å². The molecule has 26 heavy (non-hydrogen) atoms. The number of amides is 3. The lowest BCUT2D eigenvalue weighted by Gasteiger charge is -2.34. The average molecular weight is 357 g/mol. The molecule has 3 rings (SSSR count). The van der Waals surface area contributed by atoms with Crippen LogP contribution in [0.2, 0.25) is 0 Å². The Balaban J connectivity index is 1.92. The summed E-state index contributed by atoms with van der Waals surface area (Å²) in [5.41, 5.74) is 6.37. The molecule has 0 bridgehead atoms. The lowest BCUT2D eigenvalue weighted by molar-refractivity contribution is -0.136. The number of primary amides is 1. The highest BCUT2D eigenvalue weighted by Crippen LogP contribution is 2.39. The molecule has 2 fully saturated rings. The molecule has 2 heterocycles. The zero-order valence-electron chi connectivity index (χ0n) is 15.3. The molecule has 0 aromatic heterocycles. The van der Waals surface area contributed by atoms with Crippen molar-refractivity contribution < 1.29 is 14.4 Å². The Bertz CT molecular complexity index is 676. The third-order valence-electron chi connectivity index (χ3n) is 5.65. The summed E-state index contributed by atoms with van der Waals surface area (Å²) in [7, 11) is 0. The van der Waals surface area contributed by atoms with Crippen LogP contribution < -0.4 is 5.73 Å². The van der Waals surface area contributed by atoms with E-state index < -0.39 is 5.91 Å². The minimum atomic E-state index is -0.458. The molecule has 3 amide bonds. The fraction of sp³-hybridized carbons (Fsp3) is 0.550. The molecule has 140 valence electrons. The maximum atomic E-state index is 12.8. The van der Waals surface area contributed by atoms with Crippen molar-refractivity contribution in [3.8, 4) is 0 Å². The summed E-state index contributed by atoms with van der Waals surface area (Å²) in [6.07, 6.45) is 3.04. The molecular weight excluding hydrogens is 330 g/mol. The van der Waals surface area contributed by atoms with Gasteiger partial charge in [0.1, 0.15) is 0 Å². The topological polar surface area (TPSA) is 83.7 Å². The molecule has 2 saturated heterocycles. The third kappa shape index (κ3) is 3.74. The fourth-order valence-electron chi connectivity index (χ4n) is 4.47. The minimum Gasteiger partial charge on any atom is -0.370 e. The molecule has 3 atom stereocenters. The Morgan fingerprint density at radius 1 is 1.08 bits per heavy atom. The standard InChI is InChI=1S/C20H27N3O3/c1-14(24)22-12-6-5-9-17-20(22)16(15-7-3-2-4-8-15)13-23(17)19(26)11-10-18(21)25/h2-4,7-8,16-17,20H,5-6,9-13H2,1H3,(H2,21,25)/t16-,17-,20-/m0/s1. The predicted molar refractivity (Wildman–Crippen MR) is 98.1 cm³/mol. The first kappa shape index (κ1) is 18.4. The average Bonchev–Trinajstić information content (AvgIpc) is 2.85. The Labute approximate surface area is 154 Å². The van der Waals surface area contributed by atoms with Crippen LogP contribution in [0.5, 0.6) is 0 Å². The summed E-state index contributed by atoms with van der Waals surface area (Å²) in [6, 6.07) is 10.1. The van der Waals surface area contributed by atoms with Gasteiger partial charge in [-0.25, -0.2) is 0 Å². The first-order chi connectivity index (χ1) is 12.5. The number of carbonyl (C=O) groups is 3. The molecule has 6 nitrogen and oxygen atoms in total. The number of hydrogen-bond acceptors (Lipinski definition) is 3. The van der Waals surface area contributed by atoms with Crippen molar-refractivity contribution in [3.63, 3.8) is 0 Å². The number of benzene rings is 1. The summed E-state index contributed by atoms with van der Waals surface area (Å²) in [5, 5.41) is 0. The number of nitrogens with two attached hydrogens (primary N) is 1. The second-order valence-corrected chi connectivity index (χ2v) is 7.30. The minimum absolute atomic E-state index is 0.00470. The van der Waals surface area contributed by atoms with Crippen molar-refractivity contribution >= 4 is 17.7 Å². The summed E-state index contributed by atoms with van der Waals surface area (Å²) >= 11 is 0. The van der Waals surface area contributed by atoms with Gasteiger partial charge in [0.15, 0.2) is 0 Å². The maximum Gasteiger partial charge on any atom is 0.223 e. The van der Waals surface area contributed by atoms with Gasteiger partial charge in [-0.1, -0.05) is 30.3 Å². The molecule has 6 heteroatoms. The zero-order valence-corrected chi connectivity index (χ0v) is 15.3. The van der Waals surface area contributed by atoms with Crippen LogP contribution in [-0.2, 0) is 14.4 Å². The van der Waals surface area contributed by atoms with E-state index in [1.165, 1.54) is 0 Å². The quantitative estimate of drug-likeness (QED) is 0.889. The van der Waals surface area contributed by atoms with Gasteiger partial charge >= 0.3 is 0 Å².